The average Bonchev–Trinajstić information content (AvgIpc) is 2.88. The summed E-state index contributed by atoms with van der Waals surface area (Å²) >= 11 is 1.16. The van der Waals surface area contributed by atoms with E-state index in [1.807, 2.05) is 0 Å². The maximum absolute atomic E-state index is 10.9. The summed E-state index contributed by atoms with van der Waals surface area (Å²) in [5, 5.41) is 14.6. The van der Waals surface area contributed by atoms with Gasteiger partial charge in [-0.15, -0.1) is 0 Å². The van der Waals surface area contributed by atoms with Gasteiger partial charge in [-0.3, -0.25) is 10.1 Å². The van der Waals surface area contributed by atoms with Gasteiger partial charge in [0.15, 0.2) is 5.82 Å². The topological polar surface area (TPSA) is 90.2 Å². The lowest BCUT2D eigenvalue weighted by molar-refractivity contribution is -0.384. The molecule has 0 saturated heterocycles. The van der Waals surface area contributed by atoms with Crippen LogP contribution in [-0.2, 0) is 4.74 Å². The highest BCUT2D eigenvalue weighted by atomic mass is 32.1. The number of anilines is 1. The van der Waals surface area contributed by atoms with Crippen molar-refractivity contribution in [2.75, 3.05) is 25.6 Å². The third-order valence-electron chi connectivity index (χ3n) is 2.35. The van der Waals surface area contributed by atoms with Crippen LogP contribution in [0.5, 0.6) is 0 Å². The Bertz CT molecular complexity index is 573. The highest BCUT2D eigenvalue weighted by Gasteiger charge is 2.17. The van der Waals surface area contributed by atoms with E-state index in [2.05, 4.69) is 14.7 Å². The van der Waals surface area contributed by atoms with Crippen LogP contribution in [0.2, 0.25) is 0 Å². The number of nitro benzene ring substituents is 1. The van der Waals surface area contributed by atoms with Gasteiger partial charge in [0.05, 0.1) is 17.1 Å². The van der Waals surface area contributed by atoms with Gasteiger partial charge in [0.25, 0.3) is 5.69 Å². The second-order valence-corrected chi connectivity index (χ2v) is 4.37. The Morgan fingerprint density at radius 2 is 2.26 bits per heavy atom. The molecule has 0 spiro atoms. The number of nitrogens with one attached hydrogen (secondary N) is 1. The Morgan fingerprint density at radius 1 is 1.47 bits per heavy atom. The van der Waals surface area contributed by atoms with Crippen molar-refractivity contribution >= 4 is 22.4 Å². The fourth-order valence-electron chi connectivity index (χ4n) is 1.49. The molecule has 0 aliphatic heterocycles. The van der Waals surface area contributed by atoms with Gasteiger partial charge in [-0.2, -0.15) is 9.36 Å². The fourth-order valence-corrected chi connectivity index (χ4v) is 2.09. The van der Waals surface area contributed by atoms with E-state index in [4.69, 9.17) is 4.74 Å². The van der Waals surface area contributed by atoms with E-state index in [1.54, 1.807) is 25.3 Å². The van der Waals surface area contributed by atoms with Gasteiger partial charge < -0.3 is 10.1 Å². The van der Waals surface area contributed by atoms with Gasteiger partial charge in [-0.1, -0.05) is 12.1 Å². The third kappa shape index (κ3) is 3.24. The second-order valence-electron chi connectivity index (χ2n) is 3.62. The number of hydrogen-bond acceptors (Lipinski definition) is 7. The van der Waals surface area contributed by atoms with Crippen LogP contribution in [-0.4, -0.2) is 34.5 Å². The zero-order chi connectivity index (χ0) is 13.7. The van der Waals surface area contributed by atoms with Crippen molar-refractivity contribution in [1.82, 2.24) is 9.36 Å². The number of ether oxygens (including phenoxy) is 1. The maximum atomic E-state index is 10.9. The number of hydrogen-bond donors (Lipinski definition) is 1. The molecule has 0 fully saturated rings. The standard InChI is InChI=1S/C11H12N4O3S/c1-18-7-6-12-11-13-10(14-19-11)8-4-2-3-5-9(8)15(16)17/h2-5H,6-7H2,1H3,(H,12,13,14). The first-order valence-corrected chi connectivity index (χ1v) is 6.30. The Morgan fingerprint density at radius 3 is 3.00 bits per heavy atom. The monoisotopic (exact) mass is 280 g/mol. The molecule has 2 aromatic rings. The zero-order valence-corrected chi connectivity index (χ0v) is 11.0. The smallest absolute Gasteiger partial charge is 0.280 e. The molecule has 1 aromatic carbocycles. The summed E-state index contributed by atoms with van der Waals surface area (Å²) in [6.07, 6.45) is 0. The van der Waals surface area contributed by atoms with Crippen molar-refractivity contribution in [2.45, 2.75) is 0 Å². The minimum atomic E-state index is -0.436. The van der Waals surface area contributed by atoms with E-state index < -0.39 is 4.92 Å². The van der Waals surface area contributed by atoms with Crippen LogP contribution in [0.25, 0.3) is 11.4 Å². The van der Waals surface area contributed by atoms with Crippen molar-refractivity contribution in [2.24, 2.45) is 0 Å². The zero-order valence-electron chi connectivity index (χ0n) is 10.2. The average molecular weight is 280 g/mol. The fraction of sp³-hybridized carbons (Fsp3) is 0.273. The summed E-state index contributed by atoms with van der Waals surface area (Å²) in [5.74, 6) is 0.359. The van der Waals surface area contributed by atoms with Crippen LogP contribution in [0, 0.1) is 10.1 Å². The predicted molar refractivity (Wildman–Crippen MR) is 72.4 cm³/mol. The molecule has 1 N–H and O–H groups in total. The molecule has 0 saturated carbocycles. The molecule has 7 nitrogen and oxygen atoms in total. The van der Waals surface area contributed by atoms with Crippen LogP contribution in [0.15, 0.2) is 24.3 Å². The molecule has 0 aliphatic carbocycles. The van der Waals surface area contributed by atoms with Crippen molar-refractivity contribution in [3.8, 4) is 11.4 Å². The predicted octanol–water partition coefficient (Wildman–Crippen LogP) is 2.17. The Balaban J connectivity index is 2.21. The first-order chi connectivity index (χ1) is 9.22. The normalized spacial score (nSPS) is 10.4. The van der Waals surface area contributed by atoms with Crippen LogP contribution in [0.3, 0.4) is 0 Å². The summed E-state index contributed by atoms with van der Waals surface area (Å²) in [5.41, 5.74) is 0.423. The number of nitrogens with zero attached hydrogens (tertiary/aromatic N) is 3. The number of para-hydroxylation sites is 1. The number of methoxy groups -OCH3 is 1. The van der Waals surface area contributed by atoms with E-state index in [-0.39, 0.29) is 5.69 Å². The van der Waals surface area contributed by atoms with Gasteiger partial charge in [-0.25, -0.2) is 0 Å². The quantitative estimate of drug-likeness (QED) is 0.495. The highest BCUT2D eigenvalue weighted by molar-refractivity contribution is 7.09. The molecule has 0 aliphatic rings. The van der Waals surface area contributed by atoms with Crippen LogP contribution in [0.1, 0.15) is 0 Å². The van der Waals surface area contributed by atoms with Gasteiger partial charge in [0.2, 0.25) is 5.13 Å². The van der Waals surface area contributed by atoms with E-state index in [9.17, 15) is 10.1 Å². The summed E-state index contributed by atoms with van der Waals surface area (Å²) < 4.78 is 9.04. The lowest BCUT2D eigenvalue weighted by Gasteiger charge is -1.99. The van der Waals surface area contributed by atoms with Gasteiger partial charge in [-0.05, 0) is 6.07 Å². The first kappa shape index (κ1) is 13.4. The maximum Gasteiger partial charge on any atom is 0.280 e. The van der Waals surface area contributed by atoms with E-state index >= 15 is 0 Å². The Kier molecular flexibility index (Phi) is 4.37. The van der Waals surface area contributed by atoms with Crippen LogP contribution >= 0.6 is 11.5 Å². The molecular formula is C11H12N4O3S. The molecule has 0 atom stereocenters. The molecule has 0 unspecified atom stereocenters. The summed E-state index contributed by atoms with van der Waals surface area (Å²) in [6.45, 7) is 1.17. The molecule has 1 aromatic heterocycles. The summed E-state index contributed by atoms with van der Waals surface area (Å²) in [6, 6.07) is 6.42. The number of aromatic nitrogens is 2. The molecule has 19 heavy (non-hydrogen) atoms. The Labute approximate surface area is 113 Å². The minimum Gasteiger partial charge on any atom is -0.383 e. The van der Waals surface area contributed by atoms with E-state index in [0.29, 0.717) is 29.7 Å². The van der Waals surface area contributed by atoms with E-state index in [1.165, 1.54) is 6.07 Å². The van der Waals surface area contributed by atoms with Gasteiger partial charge in [0, 0.05) is 31.3 Å². The Hall–Kier alpha value is -2.06. The molecule has 1 heterocycles. The van der Waals surface area contributed by atoms with Crippen molar-refractivity contribution < 1.29 is 9.66 Å². The third-order valence-corrected chi connectivity index (χ3v) is 3.02. The number of nitro groups is 1. The molecule has 2 rings (SSSR count). The van der Waals surface area contributed by atoms with E-state index in [0.717, 1.165) is 11.5 Å². The lowest BCUT2D eigenvalue weighted by atomic mass is 10.2. The largest absolute Gasteiger partial charge is 0.383 e. The van der Waals surface area contributed by atoms with Crippen LogP contribution in [0.4, 0.5) is 10.8 Å². The van der Waals surface area contributed by atoms with Gasteiger partial charge >= 0.3 is 0 Å². The van der Waals surface area contributed by atoms with Crippen LogP contribution < -0.4 is 5.32 Å². The molecule has 0 bridgehead atoms. The highest BCUT2D eigenvalue weighted by Crippen LogP contribution is 2.29. The SMILES string of the molecule is COCCNc1nc(-c2ccccc2[N+](=O)[O-])ns1. The summed E-state index contributed by atoms with van der Waals surface area (Å²) in [4.78, 5) is 14.7. The molecular weight excluding hydrogens is 268 g/mol. The molecule has 0 amide bonds. The van der Waals surface area contributed by atoms with Crippen molar-refractivity contribution in [3.63, 3.8) is 0 Å². The van der Waals surface area contributed by atoms with Crippen molar-refractivity contribution in [1.29, 1.82) is 0 Å². The van der Waals surface area contributed by atoms with Crippen molar-refractivity contribution in [3.05, 3.63) is 34.4 Å². The molecule has 0 radical (unpaired) electrons. The minimum absolute atomic E-state index is 0.00346. The number of benzene rings is 1. The first-order valence-electron chi connectivity index (χ1n) is 5.52. The van der Waals surface area contributed by atoms with Gasteiger partial charge in [0.1, 0.15) is 0 Å². The molecule has 100 valence electrons. The lowest BCUT2D eigenvalue weighted by Crippen LogP contribution is -2.07. The summed E-state index contributed by atoms with van der Waals surface area (Å²) in [7, 11) is 1.61. The second kappa shape index (κ2) is 6.21. The number of rotatable bonds is 6. The molecule has 8 heteroatoms.